The van der Waals surface area contributed by atoms with Gasteiger partial charge >= 0.3 is 5.97 Å². The van der Waals surface area contributed by atoms with Crippen LogP contribution in [-0.4, -0.2) is 32.0 Å². The summed E-state index contributed by atoms with van der Waals surface area (Å²) in [5.41, 5.74) is 2.72. The number of hydrogen-bond donors (Lipinski definition) is 0. The molecule has 5 heteroatoms. The van der Waals surface area contributed by atoms with Gasteiger partial charge in [-0.15, -0.1) is 0 Å². The van der Waals surface area contributed by atoms with Crippen LogP contribution < -0.4 is 4.90 Å². The number of Topliss-reactive ketones (excluding diaryl/α,β-unsaturated/α-hetero) is 1. The smallest absolute Gasteiger partial charge is 0.342 e. The quantitative estimate of drug-likeness (QED) is 0.274. The third-order valence-corrected chi connectivity index (χ3v) is 4.39. The third kappa shape index (κ3) is 6.21. The fourth-order valence-electron chi connectivity index (χ4n) is 3.04. The van der Waals surface area contributed by atoms with Crippen LogP contribution in [0, 0.1) is 0 Å². The number of carbonyl (C=O) groups excluding carboxylic acids is 2. The lowest BCUT2D eigenvalue weighted by molar-refractivity contribution is -0.139. The van der Waals surface area contributed by atoms with E-state index in [0.29, 0.717) is 17.1 Å². The molecule has 2 rings (SSSR count). The molecule has 0 saturated carbocycles. The molecule has 1 aromatic rings. The molecule has 0 aliphatic carbocycles. The van der Waals surface area contributed by atoms with E-state index in [9.17, 15) is 9.59 Å². The Bertz CT molecular complexity index is 873. The van der Waals surface area contributed by atoms with Crippen molar-refractivity contribution in [3.05, 3.63) is 70.7 Å². The molecule has 0 radical (unpaired) electrons. The first-order chi connectivity index (χ1) is 13.8. The van der Waals surface area contributed by atoms with Crippen molar-refractivity contribution < 1.29 is 19.1 Å². The van der Waals surface area contributed by atoms with Gasteiger partial charge in [-0.2, -0.15) is 0 Å². The van der Waals surface area contributed by atoms with E-state index in [1.807, 2.05) is 24.3 Å². The number of esters is 1. The van der Waals surface area contributed by atoms with E-state index in [1.165, 1.54) is 12.6 Å². The highest BCUT2D eigenvalue weighted by Gasteiger charge is 2.21. The summed E-state index contributed by atoms with van der Waals surface area (Å²) in [6, 6.07) is 8.24. The molecule has 1 aromatic carbocycles. The minimum Gasteiger partial charge on any atom is -0.462 e. The Labute approximate surface area is 173 Å². The van der Waals surface area contributed by atoms with Crippen LogP contribution >= 0.6 is 0 Å². The Morgan fingerprint density at radius 2 is 1.79 bits per heavy atom. The zero-order valence-corrected chi connectivity index (χ0v) is 17.8. The van der Waals surface area contributed by atoms with Gasteiger partial charge in [0.05, 0.1) is 6.61 Å². The van der Waals surface area contributed by atoms with Crippen molar-refractivity contribution >= 4 is 23.5 Å². The van der Waals surface area contributed by atoms with Crippen LogP contribution in [0.3, 0.4) is 0 Å². The second-order valence-corrected chi connectivity index (χ2v) is 6.86. The number of carbonyl (C=O) groups is 2. The Morgan fingerprint density at radius 1 is 1.10 bits per heavy atom. The lowest BCUT2D eigenvalue weighted by atomic mass is 10.0. The standard InChI is InChI=1S/C24H29NO4/c1-6-14-25(5)21-11-8-19(9-12-21)10-13-22-16-20(15-17(3)29-22)23(18(4)26)24(27)28-7-2/h8-13,15-16H,6-7,14H2,1-5H3/b13-10?,23-20-. The number of ether oxygens (including phenoxy) is 2. The second-order valence-electron chi connectivity index (χ2n) is 6.86. The zero-order valence-electron chi connectivity index (χ0n) is 17.8. The molecule has 1 aliphatic heterocycles. The van der Waals surface area contributed by atoms with Crippen LogP contribution in [0.15, 0.2) is 65.2 Å². The normalized spacial score (nSPS) is 15.3. The maximum absolute atomic E-state index is 12.2. The molecular formula is C24H29NO4. The van der Waals surface area contributed by atoms with Gasteiger partial charge in [-0.25, -0.2) is 4.79 Å². The first-order valence-corrected chi connectivity index (χ1v) is 9.85. The van der Waals surface area contributed by atoms with Gasteiger partial charge in [0.2, 0.25) is 0 Å². The summed E-state index contributed by atoms with van der Waals surface area (Å²) in [5, 5.41) is 0. The highest BCUT2D eigenvalue weighted by atomic mass is 16.5. The van der Waals surface area contributed by atoms with Crippen LogP contribution in [0.1, 0.15) is 39.7 Å². The summed E-state index contributed by atoms with van der Waals surface area (Å²) in [4.78, 5) is 26.4. The fourth-order valence-corrected chi connectivity index (χ4v) is 3.04. The number of benzene rings is 1. The molecule has 29 heavy (non-hydrogen) atoms. The number of hydrogen-bond acceptors (Lipinski definition) is 5. The van der Waals surface area contributed by atoms with Crippen LogP contribution in [-0.2, 0) is 19.1 Å². The number of rotatable bonds is 8. The first-order valence-electron chi connectivity index (χ1n) is 9.85. The zero-order chi connectivity index (χ0) is 21.4. The van der Waals surface area contributed by atoms with Crippen molar-refractivity contribution in [1.82, 2.24) is 0 Å². The molecule has 0 atom stereocenters. The molecule has 0 fully saturated rings. The van der Waals surface area contributed by atoms with Crippen molar-refractivity contribution in [2.45, 2.75) is 34.1 Å². The lowest BCUT2D eigenvalue weighted by Crippen LogP contribution is -2.17. The maximum atomic E-state index is 12.2. The lowest BCUT2D eigenvalue weighted by Gasteiger charge is -2.18. The predicted octanol–water partition coefficient (Wildman–Crippen LogP) is 4.81. The molecule has 0 unspecified atom stereocenters. The summed E-state index contributed by atoms with van der Waals surface area (Å²) >= 11 is 0. The number of ketones is 1. The second kappa shape index (κ2) is 10.5. The molecule has 5 nitrogen and oxygen atoms in total. The third-order valence-electron chi connectivity index (χ3n) is 4.39. The largest absolute Gasteiger partial charge is 0.462 e. The van der Waals surface area contributed by atoms with E-state index in [0.717, 1.165) is 18.5 Å². The average Bonchev–Trinajstić information content (AvgIpc) is 2.66. The molecule has 0 bridgehead atoms. The summed E-state index contributed by atoms with van der Waals surface area (Å²) < 4.78 is 10.8. The molecule has 0 amide bonds. The van der Waals surface area contributed by atoms with Gasteiger partial charge in [0.15, 0.2) is 5.78 Å². The number of allylic oxidation sites excluding steroid dienone is 5. The van der Waals surface area contributed by atoms with E-state index in [2.05, 4.69) is 31.0 Å². The van der Waals surface area contributed by atoms with Crippen LogP contribution in [0.5, 0.6) is 0 Å². The first kappa shape index (κ1) is 22.2. The van der Waals surface area contributed by atoms with E-state index < -0.39 is 5.97 Å². The van der Waals surface area contributed by atoms with Gasteiger partial charge in [0.25, 0.3) is 0 Å². The Kier molecular flexibility index (Phi) is 8.01. The van der Waals surface area contributed by atoms with E-state index >= 15 is 0 Å². The van der Waals surface area contributed by atoms with Crippen LogP contribution in [0.2, 0.25) is 0 Å². The average molecular weight is 395 g/mol. The molecule has 0 aromatic heterocycles. The van der Waals surface area contributed by atoms with Crippen LogP contribution in [0.25, 0.3) is 6.08 Å². The molecule has 1 aliphatic rings. The van der Waals surface area contributed by atoms with Crippen molar-refractivity contribution in [3.8, 4) is 0 Å². The predicted molar refractivity (Wildman–Crippen MR) is 116 cm³/mol. The van der Waals surface area contributed by atoms with E-state index in [1.54, 1.807) is 26.0 Å². The van der Waals surface area contributed by atoms with Gasteiger partial charge in [-0.05, 0) is 68.7 Å². The van der Waals surface area contributed by atoms with E-state index in [-0.39, 0.29) is 18.0 Å². The van der Waals surface area contributed by atoms with Gasteiger partial charge < -0.3 is 14.4 Å². The van der Waals surface area contributed by atoms with Gasteiger partial charge in [-0.1, -0.05) is 25.1 Å². The van der Waals surface area contributed by atoms with E-state index in [4.69, 9.17) is 9.47 Å². The molecule has 1 heterocycles. The van der Waals surface area contributed by atoms with Crippen molar-refractivity contribution in [1.29, 1.82) is 0 Å². The molecule has 0 N–H and O–H groups in total. The summed E-state index contributed by atoms with van der Waals surface area (Å²) in [5.74, 6) is 0.194. The number of anilines is 1. The Hall–Kier alpha value is -3.08. The minimum absolute atomic E-state index is 0.0312. The molecular weight excluding hydrogens is 366 g/mol. The maximum Gasteiger partial charge on any atom is 0.342 e. The Balaban J connectivity index is 2.27. The monoisotopic (exact) mass is 395 g/mol. The van der Waals surface area contributed by atoms with Crippen molar-refractivity contribution in [2.24, 2.45) is 0 Å². The highest BCUT2D eigenvalue weighted by molar-refractivity contribution is 6.17. The fraction of sp³-hybridized carbons (Fsp3) is 0.333. The van der Waals surface area contributed by atoms with Crippen molar-refractivity contribution in [2.75, 3.05) is 25.1 Å². The number of nitrogens with zero attached hydrogens (tertiary/aromatic N) is 1. The van der Waals surface area contributed by atoms with Crippen molar-refractivity contribution in [3.63, 3.8) is 0 Å². The minimum atomic E-state index is -0.618. The summed E-state index contributed by atoms with van der Waals surface area (Å²) in [7, 11) is 2.08. The molecule has 154 valence electrons. The SMILES string of the molecule is CCCN(C)c1ccc(C=CC2=C/C(=C(/C(C)=O)C(=O)OCC)C=C(C)O2)cc1. The highest BCUT2D eigenvalue weighted by Crippen LogP contribution is 2.24. The Morgan fingerprint density at radius 3 is 2.38 bits per heavy atom. The summed E-state index contributed by atoms with van der Waals surface area (Å²) in [6.07, 6.45) is 8.21. The van der Waals surface area contributed by atoms with Gasteiger partial charge in [0.1, 0.15) is 17.1 Å². The molecule has 0 spiro atoms. The van der Waals surface area contributed by atoms with Gasteiger partial charge in [0, 0.05) is 19.3 Å². The van der Waals surface area contributed by atoms with Crippen LogP contribution in [0.4, 0.5) is 5.69 Å². The van der Waals surface area contributed by atoms with Gasteiger partial charge in [-0.3, -0.25) is 4.79 Å². The molecule has 0 saturated heterocycles. The topological polar surface area (TPSA) is 55.8 Å². The summed E-state index contributed by atoms with van der Waals surface area (Å²) in [6.45, 7) is 8.23.